The van der Waals surface area contributed by atoms with Gasteiger partial charge in [-0.1, -0.05) is 30.3 Å². The summed E-state index contributed by atoms with van der Waals surface area (Å²) in [7, 11) is 0. The fraction of sp³-hybridized carbons (Fsp3) is 0.318. The highest BCUT2D eigenvalue weighted by atomic mass is 16.2. The maximum Gasteiger partial charge on any atom is 0.253 e. The second-order valence-corrected chi connectivity index (χ2v) is 7.01. The molecule has 1 fully saturated rings. The van der Waals surface area contributed by atoms with Crippen LogP contribution in [0.4, 0.5) is 0 Å². The molecule has 0 spiro atoms. The summed E-state index contributed by atoms with van der Waals surface area (Å²) in [6.07, 6.45) is 1.48. The van der Waals surface area contributed by atoms with Gasteiger partial charge < -0.3 is 15.5 Å². The molecule has 0 bridgehead atoms. The van der Waals surface area contributed by atoms with Crippen LogP contribution in [0, 0.1) is 0 Å². The number of amides is 3. The van der Waals surface area contributed by atoms with E-state index >= 15 is 0 Å². The fourth-order valence-corrected chi connectivity index (χ4v) is 3.26. The van der Waals surface area contributed by atoms with Gasteiger partial charge in [0.25, 0.3) is 11.8 Å². The molecule has 1 heterocycles. The van der Waals surface area contributed by atoms with Crippen molar-refractivity contribution in [3.63, 3.8) is 0 Å². The minimum absolute atomic E-state index is 0.00101. The van der Waals surface area contributed by atoms with Crippen molar-refractivity contribution in [2.75, 3.05) is 13.1 Å². The third-order valence-electron chi connectivity index (χ3n) is 4.90. The minimum atomic E-state index is -0.0811. The van der Waals surface area contributed by atoms with Crippen LogP contribution in [0.3, 0.4) is 0 Å². The summed E-state index contributed by atoms with van der Waals surface area (Å²) in [6, 6.07) is 16.5. The molecular formula is C22H25N3O3. The van der Waals surface area contributed by atoms with E-state index in [1.807, 2.05) is 35.2 Å². The summed E-state index contributed by atoms with van der Waals surface area (Å²) in [5, 5.41) is 5.79. The van der Waals surface area contributed by atoms with Gasteiger partial charge in [0.2, 0.25) is 5.91 Å². The molecule has 1 aliphatic rings. The normalized spacial score (nSPS) is 14.4. The number of carbonyl (C=O) groups excluding carboxylic acids is 3. The van der Waals surface area contributed by atoms with Gasteiger partial charge in [0.15, 0.2) is 0 Å². The van der Waals surface area contributed by atoms with E-state index in [-0.39, 0.29) is 23.8 Å². The number of rotatable bonds is 5. The van der Waals surface area contributed by atoms with E-state index in [1.165, 1.54) is 6.92 Å². The van der Waals surface area contributed by atoms with E-state index in [0.717, 1.165) is 18.4 Å². The lowest BCUT2D eigenvalue weighted by atomic mass is 10.0. The largest absolute Gasteiger partial charge is 0.352 e. The summed E-state index contributed by atoms with van der Waals surface area (Å²) >= 11 is 0. The lowest BCUT2D eigenvalue weighted by Gasteiger charge is -2.32. The summed E-state index contributed by atoms with van der Waals surface area (Å²) in [5.74, 6) is -0.151. The van der Waals surface area contributed by atoms with E-state index in [4.69, 9.17) is 0 Å². The minimum Gasteiger partial charge on any atom is -0.352 e. The molecule has 3 rings (SSSR count). The zero-order valence-corrected chi connectivity index (χ0v) is 16.0. The second kappa shape index (κ2) is 9.17. The van der Waals surface area contributed by atoms with Gasteiger partial charge in [-0.3, -0.25) is 14.4 Å². The van der Waals surface area contributed by atoms with Crippen molar-refractivity contribution < 1.29 is 14.4 Å². The first-order valence-corrected chi connectivity index (χ1v) is 9.51. The first-order chi connectivity index (χ1) is 13.5. The van der Waals surface area contributed by atoms with E-state index in [9.17, 15) is 14.4 Å². The van der Waals surface area contributed by atoms with Gasteiger partial charge in [0.05, 0.1) is 0 Å². The molecular weight excluding hydrogens is 354 g/mol. The van der Waals surface area contributed by atoms with Crippen LogP contribution in [-0.2, 0) is 11.3 Å². The first kappa shape index (κ1) is 19.6. The van der Waals surface area contributed by atoms with Gasteiger partial charge in [-0.15, -0.1) is 0 Å². The topological polar surface area (TPSA) is 78.5 Å². The molecule has 0 aromatic heterocycles. The van der Waals surface area contributed by atoms with Gasteiger partial charge in [-0.2, -0.15) is 0 Å². The highest BCUT2D eigenvalue weighted by Gasteiger charge is 2.24. The third kappa shape index (κ3) is 5.19. The zero-order valence-electron chi connectivity index (χ0n) is 16.0. The van der Waals surface area contributed by atoms with Crippen LogP contribution in [0.5, 0.6) is 0 Å². The molecule has 0 aliphatic carbocycles. The van der Waals surface area contributed by atoms with Gasteiger partial charge in [0.1, 0.15) is 0 Å². The Morgan fingerprint density at radius 3 is 2.18 bits per heavy atom. The Kier molecular flexibility index (Phi) is 6.42. The maximum absolute atomic E-state index is 12.7. The molecule has 1 saturated heterocycles. The Balaban J connectivity index is 1.49. The molecule has 6 heteroatoms. The molecule has 6 nitrogen and oxygen atoms in total. The van der Waals surface area contributed by atoms with E-state index in [2.05, 4.69) is 10.6 Å². The lowest BCUT2D eigenvalue weighted by molar-refractivity contribution is -0.119. The number of piperidine rings is 1. The van der Waals surface area contributed by atoms with Crippen LogP contribution in [0.25, 0.3) is 0 Å². The average Bonchev–Trinajstić information content (AvgIpc) is 2.73. The van der Waals surface area contributed by atoms with E-state index in [1.54, 1.807) is 24.3 Å². The fourth-order valence-electron chi connectivity index (χ4n) is 3.26. The summed E-state index contributed by atoms with van der Waals surface area (Å²) in [6.45, 7) is 3.17. The Hall–Kier alpha value is -3.15. The van der Waals surface area contributed by atoms with Crippen LogP contribution in [-0.4, -0.2) is 41.8 Å². The van der Waals surface area contributed by atoms with Crippen LogP contribution < -0.4 is 10.6 Å². The van der Waals surface area contributed by atoms with Gasteiger partial charge in [0, 0.05) is 43.7 Å². The number of nitrogens with zero attached hydrogens (tertiary/aromatic N) is 1. The third-order valence-corrected chi connectivity index (χ3v) is 4.90. The maximum atomic E-state index is 12.7. The summed E-state index contributed by atoms with van der Waals surface area (Å²) < 4.78 is 0. The number of hydrogen-bond donors (Lipinski definition) is 2. The molecule has 1 aliphatic heterocycles. The predicted molar refractivity (Wildman–Crippen MR) is 107 cm³/mol. The summed E-state index contributed by atoms with van der Waals surface area (Å²) in [5.41, 5.74) is 2.24. The van der Waals surface area contributed by atoms with E-state index < -0.39 is 0 Å². The van der Waals surface area contributed by atoms with Crippen LogP contribution in [0.15, 0.2) is 54.6 Å². The molecule has 28 heavy (non-hydrogen) atoms. The van der Waals surface area contributed by atoms with Gasteiger partial charge in [-0.05, 0) is 42.7 Å². The van der Waals surface area contributed by atoms with Crippen molar-refractivity contribution in [1.29, 1.82) is 0 Å². The highest BCUT2D eigenvalue weighted by Crippen LogP contribution is 2.15. The van der Waals surface area contributed by atoms with Crippen LogP contribution >= 0.6 is 0 Å². The lowest BCUT2D eigenvalue weighted by Crippen LogP contribution is -2.46. The highest BCUT2D eigenvalue weighted by molar-refractivity contribution is 5.95. The number of likely N-dealkylation sites (tertiary alicyclic amines) is 1. The van der Waals surface area contributed by atoms with Crippen molar-refractivity contribution in [3.05, 3.63) is 71.3 Å². The Bertz CT molecular complexity index is 826. The molecule has 3 amide bonds. The number of benzene rings is 2. The molecule has 2 aromatic carbocycles. The van der Waals surface area contributed by atoms with E-state index in [0.29, 0.717) is 30.8 Å². The Morgan fingerprint density at radius 2 is 1.57 bits per heavy atom. The monoisotopic (exact) mass is 379 g/mol. The first-order valence-electron chi connectivity index (χ1n) is 9.51. The number of carbonyl (C=O) groups is 3. The zero-order chi connectivity index (χ0) is 19.9. The van der Waals surface area contributed by atoms with Crippen molar-refractivity contribution in [1.82, 2.24) is 15.5 Å². The van der Waals surface area contributed by atoms with Crippen molar-refractivity contribution in [2.45, 2.75) is 32.4 Å². The molecule has 0 saturated carbocycles. The molecule has 0 unspecified atom stereocenters. The molecule has 146 valence electrons. The smallest absolute Gasteiger partial charge is 0.253 e. The number of hydrogen-bond acceptors (Lipinski definition) is 3. The second-order valence-electron chi connectivity index (χ2n) is 7.01. The molecule has 2 N–H and O–H groups in total. The Labute approximate surface area is 164 Å². The number of nitrogens with one attached hydrogen (secondary N) is 2. The molecule has 0 radical (unpaired) electrons. The SMILES string of the molecule is CC(=O)NCc1ccc(C(=O)N2CCC(NC(=O)c3ccccc3)CC2)cc1. The van der Waals surface area contributed by atoms with Crippen LogP contribution in [0.1, 0.15) is 46.0 Å². The molecule has 0 atom stereocenters. The Morgan fingerprint density at radius 1 is 0.929 bits per heavy atom. The van der Waals surface area contributed by atoms with Crippen LogP contribution in [0.2, 0.25) is 0 Å². The summed E-state index contributed by atoms with van der Waals surface area (Å²) in [4.78, 5) is 37.8. The standard InChI is InChI=1S/C22H25N3O3/c1-16(26)23-15-17-7-9-19(10-8-17)22(28)25-13-11-20(12-14-25)24-21(27)18-5-3-2-4-6-18/h2-10,20H,11-15H2,1H3,(H,23,26)(H,24,27). The van der Waals surface area contributed by atoms with Crippen molar-refractivity contribution in [3.8, 4) is 0 Å². The average molecular weight is 379 g/mol. The van der Waals surface area contributed by atoms with Gasteiger partial charge in [-0.25, -0.2) is 0 Å². The van der Waals surface area contributed by atoms with Gasteiger partial charge >= 0.3 is 0 Å². The molecule has 2 aromatic rings. The predicted octanol–water partition coefficient (Wildman–Crippen LogP) is 2.36. The van der Waals surface area contributed by atoms with Crippen molar-refractivity contribution in [2.24, 2.45) is 0 Å². The van der Waals surface area contributed by atoms with Crippen molar-refractivity contribution >= 4 is 17.7 Å². The quantitative estimate of drug-likeness (QED) is 0.837.